The predicted octanol–water partition coefficient (Wildman–Crippen LogP) is 7.01. The molecule has 178 valence electrons. The Hall–Kier alpha value is -1.61. The molecular formula is C27H41O4P. The van der Waals surface area contributed by atoms with Gasteiger partial charge in [-0.05, 0) is 92.7 Å². The molecule has 0 saturated heterocycles. The molecule has 2 rings (SSSR count). The molecule has 0 bridgehead atoms. The molecule has 5 heteroatoms. The first-order valence-electron chi connectivity index (χ1n) is 12.1. The maximum atomic E-state index is 10.9. The predicted molar refractivity (Wildman–Crippen MR) is 134 cm³/mol. The quantitative estimate of drug-likeness (QED) is 0.222. The van der Waals surface area contributed by atoms with Crippen LogP contribution in [0.1, 0.15) is 74.1 Å². The molecule has 1 unspecified atom stereocenters. The van der Waals surface area contributed by atoms with E-state index in [1.165, 1.54) is 41.5 Å². The van der Waals surface area contributed by atoms with Crippen molar-refractivity contribution in [2.75, 3.05) is 12.8 Å². The van der Waals surface area contributed by atoms with Crippen molar-refractivity contribution >= 4 is 7.60 Å². The number of hydrogen-bond donors (Lipinski definition) is 2. The van der Waals surface area contributed by atoms with Gasteiger partial charge in [0.05, 0.1) is 6.61 Å². The summed E-state index contributed by atoms with van der Waals surface area (Å²) in [7, 11) is -3.85. The lowest BCUT2D eigenvalue weighted by Crippen LogP contribution is -2.08. The van der Waals surface area contributed by atoms with Crippen LogP contribution in [0.5, 0.6) is 5.75 Å². The molecule has 0 heterocycles. The van der Waals surface area contributed by atoms with Gasteiger partial charge in [-0.25, -0.2) is 0 Å². The van der Waals surface area contributed by atoms with Crippen LogP contribution in [0.3, 0.4) is 0 Å². The highest BCUT2D eigenvalue weighted by Gasteiger charge is 2.11. The highest BCUT2D eigenvalue weighted by Crippen LogP contribution is 2.35. The minimum Gasteiger partial charge on any atom is -0.494 e. The Morgan fingerprint density at radius 2 is 1.59 bits per heavy atom. The number of hydrogen-bond acceptors (Lipinski definition) is 2. The second kappa shape index (κ2) is 13.8. The van der Waals surface area contributed by atoms with Gasteiger partial charge in [-0.3, -0.25) is 4.57 Å². The Kier molecular flexibility index (Phi) is 11.5. The maximum Gasteiger partial charge on any atom is 0.325 e. The summed E-state index contributed by atoms with van der Waals surface area (Å²) < 4.78 is 16.8. The Morgan fingerprint density at radius 1 is 0.875 bits per heavy atom. The molecule has 0 amide bonds. The van der Waals surface area contributed by atoms with Gasteiger partial charge < -0.3 is 14.5 Å². The monoisotopic (exact) mass is 460 g/mol. The third-order valence-electron chi connectivity index (χ3n) is 6.16. The first-order chi connectivity index (χ1) is 15.3. The van der Waals surface area contributed by atoms with Crippen molar-refractivity contribution in [3.63, 3.8) is 0 Å². The van der Waals surface area contributed by atoms with E-state index in [0.717, 1.165) is 44.5 Å². The van der Waals surface area contributed by atoms with Crippen molar-refractivity contribution in [2.45, 2.75) is 78.6 Å². The topological polar surface area (TPSA) is 66.8 Å². The average molecular weight is 461 g/mol. The van der Waals surface area contributed by atoms with Gasteiger partial charge in [0.2, 0.25) is 0 Å². The molecule has 0 aliphatic heterocycles. The average Bonchev–Trinajstić information content (AvgIpc) is 2.74. The Balaban J connectivity index is 1.68. The third-order valence-corrected chi connectivity index (χ3v) is 7.06. The van der Waals surface area contributed by atoms with Crippen molar-refractivity contribution in [1.82, 2.24) is 0 Å². The summed E-state index contributed by atoms with van der Waals surface area (Å²) in [5.74, 6) is 1.62. The van der Waals surface area contributed by atoms with Crippen molar-refractivity contribution in [3.05, 3.63) is 64.7 Å². The van der Waals surface area contributed by atoms with E-state index in [9.17, 15) is 4.57 Å². The summed E-state index contributed by atoms with van der Waals surface area (Å²) in [5, 5.41) is 0. The second-order valence-corrected chi connectivity index (χ2v) is 10.9. The van der Waals surface area contributed by atoms with Crippen LogP contribution in [-0.4, -0.2) is 22.6 Å². The fourth-order valence-electron chi connectivity index (χ4n) is 4.16. The number of ether oxygens (including phenoxy) is 1. The summed E-state index contributed by atoms with van der Waals surface area (Å²) in [5.41, 5.74) is 5.43. The molecular weight excluding hydrogens is 419 g/mol. The van der Waals surface area contributed by atoms with E-state index in [4.69, 9.17) is 14.5 Å². The first kappa shape index (κ1) is 26.6. The molecule has 2 aromatic rings. The number of rotatable bonds is 15. The van der Waals surface area contributed by atoms with Crippen LogP contribution in [0.15, 0.2) is 42.5 Å². The maximum absolute atomic E-state index is 10.9. The summed E-state index contributed by atoms with van der Waals surface area (Å²) in [6.45, 7) is 7.37. The van der Waals surface area contributed by atoms with Gasteiger partial charge in [0.1, 0.15) is 5.75 Å². The normalized spacial score (nSPS) is 12.7. The van der Waals surface area contributed by atoms with E-state index in [1.807, 2.05) is 12.1 Å². The Bertz CT molecular complexity index is 841. The largest absolute Gasteiger partial charge is 0.494 e. The smallest absolute Gasteiger partial charge is 0.325 e. The van der Waals surface area contributed by atoms with Gasteiger partial charge >= 0.3 is 7.60 Å². The lowest BCUT2D eigenvalue weighted by molar-refractivity contribution is 0.287. The van der Waals surface area contributed by atoms with Crippen molar-refractivity contribution in [2.24, 2.45) is 5.92 Å². The zero-order chi connectivity index (χ0) is 23.4. The summed E-state index contributed by atoms with van der Waals surface area (Å²) in [4.78, 5) is 17.8. The second-order valence-electron chi connectivity index (χ2n) is 9.11. The highest BCUT2D eigenvalue weighted by atomic mass is 31.2. The first-order valence-corrected chi connectivity index (χ1v) is 13.9. The van der Waals surface area contributed by atoms with E-state index < -0.39 is 7.60 Å². The van der Waals surface area contributed by atoms with Crippen LogP contribution in [0.4, 0.5) is 0 Å². The molecule has 4 nitrogen and oxygen atoms in total. The van der Waals surface area contributed by atoms with Gasteiger partial charge in [0, 0.05) is 6.16 Å². The van der Waals surface area contributed by atoms with Gasteiger partial charge in [-0.15, -0.1) is 0 Å². The molecule has 0 spiro atoms. The van der Waals surface area contributed by atoms with E-state index in [1.54, 1.807) is 0 Å². The van der Waals surface area contributed by atoms with Gasteiger partial charge in [0.15, 0.2) is 0 Å². The van der Waals surface area contributed by atoms with Crippen LogP contribution in [0.25, 0.3) is 0 Å². The molecule has 0 aromatic heterocycles. The molecule has 2 N–H and O–H groups in total. The van der Waals surface area contributed by atoms with Gasteiger partial charge in [0.25, 0.3) is 0 Å². The standard InChI is InChI=1S/C27H41O4P/c1-4-9-25(21-26-13-12-22(2)23(3)20-26)11-8-18-31-27-16-14-24(15-17-27)10-6-5-7-19-32(28,29)30/h12-17,20,25H,4-11,18-19,21H2,1-3H3,(H2,28,29,30). The van der Waals surface area contributed by atoms with Crippen molar-refractivity contribution < 1.29 is 19.1 Å². The molecule has 0 aliphatic rings. The van der Waals surface area contributed by atoms with Crippen molar-refractivity contribution in [3.8, 4) is 5.75 Å². The minimum absolute atomic E-state index is 0.0104. The highest BCUT2D eigenvalue weighted by molar-refractivity contribution is 7.51. The Labute approximate surface area is 194 Å². The zero-order valence-corrected chi connectivity index (χ0v) is 20.9. The molecule has 2 aromatic carbocycles. The molecule has 32 heavy (non-hydrogen) atoms. The zero-order valence-electron chi connectivity index (χ0n) is 20.1. The third kappa shape index (κ3) is 10.8. The van der Waals surface area contributed by atoms with E-state index in [0.29, 0.717) is 12.3 Å². The molecule has 0 radical (unpaired) electrons. The fraction of sp³-hybridized carbons (Fsp3) is 0.556. The summed E-state index contributed by atoms with van der Waals surface area (Å²) >= 11 is 0. The van der Waals surface area contributed by atoms with Crippen LogP contribution >= 0.6 is 7.60 Å². The van der Waals surface area contributed by atoms with Crippen LogP contribution in [0.2, 0.25) is 0 Å². The van der Waals surface area contributed by atoms with Crippen molar-refractivity contribution in [1.29, 1.82) is 0 Å². The lowest BCUT2D eigenvalue weighted by Gasteiger charge is -2.17. The number of benzene rings is 2. The van der Waals surface area contributed by atoms with Crippen LogP contribution in [0, 0.1) is 19.8 Å². The molecule has 0 fully saturated rings. The molecule has 0 saturated carbocycles. The summed E-state index contributed by atoms with van der Waals surface area (Å²) in [6, 6.07) is 15.1. The lowest BCUT2D eigenvalue weighted by atomic mass is 9.90. The Morgan fingerprint density at radius 3 is 2.25 bits per heavy atom. The molecule has 0 aliphatic carbocycles. The van der Waals surface area contributed by atoms with Crippen LogP contribution < -0.4 is 4.74 Å². The summed E-state index contributed by atoms with van der Waals surface area (Å²) in [6.07, 6.45) is 9.16. The minimum atomic E-state index is -3.85. The SMILES string of the molecule is CCCC(CCCOc1ccc(CCCCCP(=O)(O)O)cc1)Cc1ccc(C)c(C)c1. The number of aryl methyl sites for hydroxylation is 3. The van der Waals surface area contributed by atoms with E-state index in [-0.39, 0.29) is 6.16 Å². The van der Waals surface area contributed by atoms with Crippen LogP contribution in [-0.2, 0) is 17.4 Å². The molecule has 1 atom stereocenters. The van der Waals surface area contributed by atoms with Gasteiger partial charge in [-0.2, -0.15) is 0 Å². The fourth-order valence-corrected chi connectivity index (χ4v) is 4.79. The van der Waals surface area contributed by atoms with Gasteiger partial charge in [-0.1, -0.05) is 56.5 Å². The number of unbranched alkanes of at least 4 members (excludes halogenated alkanes) is 2. The van der Waals surface area contributed by atoms with E-state index >= 15 is 0 Å². The van der Waals surface area contributed by atoms with E-state index in [2.05, 4.69) is 51.1 Å².